The number of likely N-dealkylation sites (tertiary alicyclic amines) is 1. The Balaban J connectivity index is 1.64. The SMILES string of the molecule is CCOCCn1c(=O)n(CCN2CC3CCC2C3)c2cc(C(=O)O)cnc21. The number of carboxylic acid groups (broad SMARTS) is 1. The van der Waals surface area contributed by atoms with Crippen LogP contribution in [0.25, 0.3) is 11.2 Å². The summed E-state index contributed by atoms with van der Waals surface area (Å²) in [4.78, 5) is 31.1. The van der Waals surface area contributed by atoms with Gasteiger partial charge in [0.15, 0.2) is 5.65 Å². The largest absolute Gasteiger partial charge is 0.478 e. The Labute approximate surface area is 157 Å². The normalized spacial score (nSPS) is 22.1. The zero-order chi connectivity index (χ0) is 19.0. The van der Waals surface area contributed by atoms with E-state index in [1.54, 1.807) is 15.2 Å². The molecule has 1 aliphatic carbocycles. The lowest BCUT2D eigenvalue weighted by Crippen LogP contribution is -2.36. The number of fused-ring (bicyclic) bond motifs is 3. The van der Waals surface area contributed by atoms with Crippen LogP contribution in [0.2, 0.25) is 0 Å². The summed E-state index contributed by atoms with van der Waals surface area (Å²) in [5, 5.41) is 9.30. The topological polar surface area (TPSA) is 89.6 Å². The molecule has 1 saturated carbocycles. The van der Waals surface area contributed by atoms with Gasteiger partial charge in [-0.25, -0.2) is 14.6 Å². The van der Waals surface area contributed by atoms with Gasteiger partial charge in [0, 0.05) is 38.5 Å². The van der Waals surface area contributed by atoms with Gasteiger partial charge in [0.2, 0.25) is 0 Å². The van der Waals surface area contributed by atoms with Crippen LogP contribution in [-0.4, -0.2) is 62.4 Å². The molecule has 1 saturated heterocycles. The molecule has 1 aliphatic heterocycles. The summed E-state index contributed by atoms with van der Waals surface area (Å²) in [5.74, 6) is -0.234. The molecule has 2 aromatic rings. The minimum Gasteiger partial charge on any atom is -0.478 e. The van der Waals surface area contributed by atoms with Crippen LogP contribution in [0.1, 0.15) is 36.5 Å². The number of carboxylic acids is 1. The molecule has 2 fully saturated rings. The maximum Gasteiger partial charge on any atom is 0.337 e. The highest BCUT2D eigenvalue weighted by Gasteiger charge is 2.37. The molecule has 2 aromatic heterocycles. The van der Waals surface area contributed by atoms with E-state index in [1.807, 2.05) is 6.92 Å². The first-order valence-corrected chi connectivity index (χ1v) is 9.72. The fourth-order valence-corrected chi connectivity index (χ4v) is 4.56. The Hall–Kier alpha value is -2.19. The highest BCUT2D eigenvalue weighted by atomic mass is 16.5. The van der Waals surface area contributed by atoms with Crippen molar-refractivity contribution in [3.05, 3.63) is 28.3 Å². The maximum absolute atomic E-state index is 13.0. The van der Waals surface area contributed by atoms with E-state index in [4.69, 9.17) is 4.74 Å². The van der Waals surface area contributed by atoms with Crippen LogP contribution in [0, 0.1) is 5.92 Å². The summed E-state index contributed by atoms with van der Waals surface area (Å²) < 4.78 is 8.65. The predicted octanol–water partition coefficient (Wildman–Crippen LogP) is 1.42. The average Bonchev–Trinajstić information content (AvgIpc) is 3.34. The second-order valence-electron chi connectivity index (χ2n) is 7.48. The van der Waals surface area contributed by atoms with Gasteiger partial charge in [-0.2, -0.15) is 0 Å². The number of carbonyl (C=O) groups is 1. The van der Waals surface area contributed by atoms with Gasteiger partial charge in [-0.05, 0) is 38.2 Å². The summed E-state index contributed by atoms with van der Waals surface area (Å²) in [7, 11) is 0. The van der Waals surface area contributed by atoms with Gasteiger partial charge in [0.05, 0.1) is 24.2 Å². The molecular weight excluding hydrogens is 348 g/mol. The molecule has 0 spiro atoms. The Bertz CT molecular complexity index is 903. The van der Waals surface area contributed by atoms with Gasteiger partial charge >= 0.3 is 11.7 Å². The van der Waals surface area contributed by atoms with E-state index in [1.165, 1.54) is 25.5 Å². The molecule has 8 nitrogen and oxygen atoms in total. The van der Waals surface area contributed by atoms with Crippen molar-refractivity contribution in [2.24, 2.45) is 5.92 Å². The molecule has 27 heavy (non-hydrogen) atoms. The van der Waals surface area contributed by atoms with Crippen molar-refractivity contribution in [3.8, 4) is 0 Å². The van der Waals surface area contributed by atoms with Crippen LogP contribution in [0.5, 0.6) is 0 Å². The Morgan fingerprint density at radius 2 is 2.15 bits per heavy atom. The smallest absolute Gasteiger partial charge is 0.337 e. The minimum absolute atomic E-state index is 0.0958. The average molecular weight is 374 g/mol. The number of ether oxygens (including phenoxy) is 1. The number of aromatic carboxylic acids is 1. The van der Waals surface area contributed by atoms with E-state index in [-0.39, 0.29) is 11.3 Å². The number of pyridine rings is 1. The number of hydrogen-bond donors (Lipinski definition) is 1. The first kappa shape index (κ1) is 18.2. The molecule has 3 heterocycles. The summed E-state index contributed by atoms with van der Waals surface area (Å²) >= 11 is 0. The van der Waals surface area contributed by atoms with Gasteiger partial charge in [-0.15, -0.1) is 0 Å². The quantitative estimate of drug-likeness (QED) is 0.703. The molecule has 2 unspecified atom stereocenters. The second kappa shape index (κ2) is 7.44. The number of hydrogen-bond acceptors (Lipinski definition) is 5. The number of nitrogens with zero attached hydrogens (tertiary/aromatic N) is 4. The Morgan fingerprint density at radius 3 is 2.81 bits per heavy atom. The third kappa shape index (κ3) is 3.39. The molecule has 146 valence electrons. The molecule has 2 bridgehead atoms. The monoisotopic (exact) mass is 374 g/mol. The van der Waals surface area contributed by atoms with E-state index < -0.39 is 5.97 Å². The minimum atomic E-state index is -1.04. The van der Waals surface area contributed by atoms with Crippen molar-refractivity contribution in [1.29, 1.82) is 0 Å². The summed E-state index contributed by atoms with van der Waals surface area (Å²) in [5.41, 5.74) is 1.05. The van der Waals surface area contributed by atoms with Crippen molar-refractivity contribution in [2.45, 2.75) is 45.3 Å². The number of imidazole rings is 1. The first-order valence-electron chi connectivity index (χ1n) is 9.72. The van der Waals surface area contributed by atoms with Crippen molar-refractivity contribution in [1.82, 2.24) is 19.0 Å². The van der Waals surface area contributed by atoms with Crippen LogP contribution >= 0.6 is 0 Å². The zero-order valence-corrected chi connectivity index (χ0v) is 15.6. The molecule has 4 rings (SSSR count). The van der Waals surface area contributed by atoms with Gasteiger partial charge in [-0.1, -0.05) is 0 Å². The fourth-order valence-electron chi connectivity index (χ4n) is 4.56. The van der Waals surface area contributed by atoms with Crippen molar-refractivity contribution >= 4 is 17.1 Å². The summed E-state index contributed by atoms with van der Waals surface area (Å²) in [6, 6.07) is 2.20. The van der Waals surface area contributed by atoms with Gasteiger partial charge in [-0.3, -0.25) is 14.0 Å². The molecule has 0 aromatic carbocycles. The van der Waals surface area contributed by atoms with E-state index in [0.717, 1.165) is 19.0 Å². The summed E-state index contributed by atoms with van der Waals surface area (Å²) in [6.45, 7) is 5.79. The molecule has 0 amide bonds. The maximum atomic E-state index is 13.0. The second-order valence-corrected chi connectivity index (χ2v) is 7.48. The molecule has 0 radical (unpaired) electrons. The van der Waals surface area contributed by atoms with Gasteiger partial charge in [0.1, 0.15) is 0 Å². The Kier molecular flexibility index (Phi) is 5.01. The standard InChI is InChI=1S/C19H26N4O4/c1-2-27-8-7-23-17-16(10-14(11-20-17)18(24)25)22(19(23)26)6-5-21-12-13-3-4-15(21)9-13/h10-11,13,15H,2-9,12H2,1H3,(H,24,25). The van der Waals surface area contributed by atoms with Crippen molar-refractivity contribution in [2.75, 3.05) is 26.3 Å². The van der Waals surface area contributed by atoms with Crippen LogP contribution in [0.4, 0.5) is 0 Å². The number of piperidine rings is 1. The van der Waals surface area contributed by atoms with Gasteiger partial charge in [0.25, 0.3) is 0 Å². The third-order valence-corrected chi connectivity index (χ3v) is 5.90. The molecule has 1 N–H and O–H groups in total. The molecule has 2 atom stereocenters. The third-order valence-electron chi connectivity index (χ3n) is 5.90. The van der Waals surface area contributed by atoms with E-state index >= 15 is 0 Å². The summed E-state index contributed by atoms with van der Waals surface area (Å²) in [6.07, 6.45) is 5.16. The molecule has 8 heteroatoms. The number of rotatable bonds is 8. The van der Waals surface area contributed by atoms with E-state index in [2.05, 4.69) is 9.88 Å². The van der Waals surface area contributed by atoms with E-state index in [0.29, 0.717) is 43.5 Å². The van der Waals surface area contributed by atoms with Crippen LogP contribution in [-0.2, 0) is 17.8 Å². The Morgan fingerprint density at radius 1 is 1.30 bits per heavy atom. The van der Waals surface area contributed by atoms with Crippen LogP contribution in [0.15, 0.2) is 17.1 Å². The lowest BCUT2D eigenvalue weighted by Gasteiger charge is -2.26. The lowest BCUT2D eigenvalue weighted by molar-refractivity contribution is 0.0696. The lowest BCUT2D eigenvalue weighted by atomic mass is 10.1. The predicted molar refractivity (Wildman–Crippen MR) is 100 cm³/mol. The number of aromatic nitrogens is 3. The van der Waals surface area contributed by atoms with Crippen LogP contribution in [0.3, 0.4) is 0 Å². The molecular formula is C19H26N4O4. The molecule has 2 aliphatic rings. The van der Waals surface area contributed by atoms with Crippen molar-refractivity contribution < 1.29 is 14.6 Å². The highest BCUT2D eigenvalue weighted by molar-refractivity contribution is 5.90. The fraction of sp³-hybridized carbons (Fsp3) is 0.632. The zero-order valence-electron chi connectivity index (χ0n) is 15.6. The highest BCUT2D eigenvalue weighted by Crippen LogP contribution is 2.37. The van der Waals surface area contributed by atoms with Crippen molar-refractivity contribution in [3.63, 3.8) is 0 Å². The first-order chi connectivity index (χ1) is 13.1. The van der Waals surface area contributed by atoms with Gasteiger partial charge < -0.3 is 9.84 Å². The van der Waals surface area contributed by atoms with Crippen LogP contribution < -0.4 is 5.69 Å². The van der Waals surface area contributed by atoms with E-state index in [9.17, 15) is 14.7 Å².